The van der Waals surface area contributed by atoms with E-state index in [4.69, 9.17) is 5.11 Å². The normalized spacial score (nSPS) is 19.9. The number of carboxylic acid groups (broad SMARTS) is 1. The topological polar surface area (TPSA) is 81.7 Å². The molecular weight excluding hydrogens is 234 g/mol. The Hall–Kier alpha value is -1.30. The predicted octanol–water partition coefficient (Wildman–Crippen LogP) is 0.633. The second-order valence-electron chi connectivity index (χ2n) is 4.94. The van der Waals surface area contributed by atoms with E-state index in [1.54, 1.807) is 0 Å². The highest BCUT2D eigenvalue weighted by Gasteiger charge is 2.17. The van der Waals surface area contributed by atoms with Gasteiger partial charge in [-0.05, 0) is 39.8 Å². The number of carboxylic acids is 1. The van der Waals surface area contributed by atoms with Gasteiger partial charge in [0.25, 0.3) is 0 Å². The maximum absolute atomic E-state index is 11.5. The molecule has 6 nitrogen and oxygen atoms in total. The van der Waals surface area contributed by atoms with Crippen LogP contribution in [0.5, 0.6) is 0 Å². The molecule has 0 bridgehead atoms. The van der Waals surface area contributed by atoms with E-state index < -0.39 is 18.0 Å². The smallest absolute Gasteiger partial charge is 0.325 e. The summed E-state index contributed by atoms with van der Waals surface area (Å²) in [6.07, 6.45) is 3.72. The van der Waals surface area contributed by atoms with E-state index in [0.29, 0.717) is 0 Å². The summed E-state index contributed by atoms with van der Waals surface area (Å²) in [5, 5.41) is 13.8. The number of amides is 2. The fourth-order valence-corrected chi connectivity index (χ4v) is 2.10. The molecule has 1 fully saturated rings. The largest absolute Gasteiger partial charge is 0.480 e. The van der Waals surface area contributed by atoms with Gasteiger partial charge in [0.15, 0.2) is 0 Å². The second-order valence-corrected chi connectivity index (χ2v) is 4.94. The van der Waals surface area contributed by atoms with Crippen molar-refractivity contribution in [1.29, 1.82) is 0 Å². The molecule has 6 heteroatoms. The first-order valence-corrected chi connectivity index (χ1v) is 6.51. The molecule has 18 heavy (non-hydrogen) atoms. The number of aliphatic carboxylic acids is 1. The molecular formula is C12H23N3O3. The number of likely N-dealkylation sites (tertiary alicyclic amines) is 1. The Labute approximate surface area is 108 Å². The third kappa shape index (κ3) is 5.35. The van der Waals surface area contributed by atoms with Gasteiger partial charge < -0.3 is 20.6 Å². The number of carbonyl (C=O) groups excluding carboxylic acids is 1. The van der Waals surface area contributed by atoms with E-state index in [1.807, 2.05) is 6.92 Å². The van der Waals surface area contributed by atoms with Crippen LogP contribution in [0, 0.1) is 0 Å². The molecule has 104 valence electrons. The van der Waals surface area contributed by atoms with Crippen LogP contribution in [0.15, 0.2) is 0 Å². The molecule has 0 radical (unpaired) electrons. The molecule has 0 aromatic rings. The van der Waals surface area contributed by atoms with Crippen LogP contribution in [0.25, 0.3) is 0 Å². The molecule has 1 unspecified atom stereocenters. The summed E-state index contributed by atoms with van der Waals surface area (Å²) in [6, 6.07) is -1.27. The zero-order valence-electron chi connectivity index (χ0n) is 11.1. The molecule has 1 aliphatic rings. The van der Waals surface area contributed by atoms with Gasteiger partial charge >= 0.3 is 12.0 Å². The molecule has 1 saturated heterocycles. The first-order chi connectivity index (χ1) is 8.49. The zero-order chi connectivity index (χ0) is 13.5. The SMILES string of the molecule is CC(CN1CCCCC1)NC(=O)N[C@@H](C)C(=O)O. The second kappa shape index (κ2) is 7.20. The van der Waals surface area contributed by atoms with Crippen LogP contribution in [0.2, 0.25) is 0 Å². The highest BCUT2D eigenvalue weighted by atomic mass is 16.4. The summed E-state index contributed by atoms with van der Waals surface area (Å²) in [4.78, 5) is 24.4. The number of nitrogens with one attached hydrogen (secondary N) is 2. The maximum Gasteiger partial charge on any atom is 0.325 e. The molecule has 0 aliphatic carbocycles. The van der Waals surface area contributed by atoms with E-state index in [-0.39, 0.29) is 6.04 Å². The third-order valence-electron chi connectivity index (χ3n) is 3.08. The quantitative estimate of drug-likeness (QED) is 0.675. The van der Waals surface area contributed by atoms with Gasteiger partial charge in [-0.1, -0.05) is 6.42 Å². The van der Waals surface area contributed by atoms with Crippen molar-refractivity contribution in [3.05, 3.63) is 0 Å². The molecule has 0 saturated carbocycles. The van der Waals surface area contributed by atoms with E-state index in [9.17, 15) is 9.59 Å². The van der Waals surface area contributed by atoms with Crippen molar-refractivity contribution in [3.8, 4) is 0 Å². The van der Waals surface area contributed by atoms with E-state index in [0.717, 1.165) is 19.6 Å². The summed E-state index contributed by atoms with van der Waals surface area (Å²) in [7, 11) is 0. The molecule has 1 heterocycles. The standard InChI is InChI=1S/C12H23N3O3/c1-9(8-15-6-4-3-5-7-15)13-12(18)14-10(2)11(16)17/h9-10H,3-8H2,1-2H3,(H,16,17)(H2,13,14,18)/t9?,10-/m0/s1. The molecule has 3 N–H and O–H groups in total. The predicted molar refractivity (Wildman–Crippen MR) is 68.5 cm³/mol. The van der Waals surface area contributed by atoms with Crippen molar-refractivity contribution in [2.75, 3.05) is 19.6 Å². The van der Waals surface area contributed by atoms with Crippen LogP contribution in [-0.4, -0.2) is 53.7 Å². The zero-order valence-corrected chi connectivity index (χ0v) is 11.1. The first-order valence-electron chi connectivity index (χ1n) is 6.51. The van der Waals surface area contributed by atoms with Gasteiger partial charge in [0.1, 0.15) is 6.04 Å². The number of carbonyl (C=O) groups is 2. The minimum atomic E-state index is -1.03. The van der Waals surface area contributed by atoms with Gasteiger partial charge in [-0.25, -0.2) is 4.79 Å². The average Bonchev–Trinajstić information content (AvgIpc) is 2.29. The number of hydrogen-bond donors (Lipinski definition) is 3. The Morgan fingerprint density at radius 1 is 1.17 bits per heavy atom. The Morgan fingerprint density at radius 3 is 2.33 bits per heavy atom. The number of piperidine rings is 1. The number of urea groups is 1. The van der Waals surface area contributed by atoms with Crippen molar-refractivity contribution < 1.29 is 14.7 Å². The van der Waals surface area contributed by atoms with Gasteiger partial charge in [-0.2, -0.15) is 0 Å². The van der Waals surface area contributed by atoms with Gasteiger partial charge in [0, 0.05) is 12.6 Å². The molecule has 2 amide bonds. The molecule has 1 aliphatic heterocycles. The minimum absolute atomic E-state index is 0.0177. The summed E-state index contributed by atoms with van der Waals surface area (Å²) in [5.74, 6) is -1.03. The van der Waals surface area contributed by atoms with E-state index >= 15 is 0 Å². The highest BCUT2D eigenvalue weighted by molar-refractivity contribution is 5.82. The Balaban J connectivity index is 2.24. The fourth-order valence-electron chi connectivity index (χ4n) is 2.10. The van der Waals surface area contributed by atoms with Crippen molar-refractivity contribution >= 4 is 12.0 Å². The lowest BCUT2D eigenvalue weighted by atomic mass is 10.1. The van der Waals surface area contributed by atoms with Crippen molar-refractivity contribution in [2.45, 2.75) is 45.2 Å². The lowest BCUT2D eigenvalue weighted by Crippen LogP contribution is -2.50. The maximum atomic E-state index is 11.5. The molecule has 1 rings (SSSR count). The summed E-state index contributed by atoms with van der Waals surface area (Å²) >= 11 is 0. The van der Waals surface area contributed by atoms with Gasteiger partial charge in [0.05, 0.1) is 0 Å². The van der Waals surface area contributed by atoms with Crippen molar-refractivity contribution in [2.24, 2.45) is 0 Å². The minimum Gasteiger partial charge on any atom is -0.480 e. The van der Waals surface area contributed by atoms with Gasteiger partial charge in [-0.15, -0.1) is 0 Å². The Bertz CT molecular complexity index is 290. The third-order valence-corrected chi connectivity index (χ3v) is 3.08. The van der Waals surface area contributed by atoms with Crippen LogP contribution in [0.1, 0.15) is 33.1 Å². The summed E-state index contributed by atoms with van der Waals surface area (Å²) < 4.78 is 0. The van der Waals surface area contributed by atoms with Gasteiger partial charge in [0.2, 0.25) is 0 Å². The van der Waals surface area contributed by atoms with Crippen LogP contribution in [-0.2, 0) is 4.79 Å². The lowest BCUT2D eigenvalue weighted by molar-refractivity contribution is -0.138. The number of hydrogen-bond acceptors (Lipinski definition) is 3. The van der Waals surface area contributed by atoms with Crippen LogP contribution < -0.4 is 10.6 Å². The molecule has 2 atom stereocenters. The summed E-state index contributed by atoms with van der Waals surface area (Å²) in [5.41, 5.74) is 0. The first kappa shape index (κ1) is 14.8. The average molecular weight is 257 g/mol. The Kier molecular flexibility index (Phi) is 5.91. The monoisotopic (exact) mass is 257 g/mol. The Morgan fingerprint density at radius 2 is 1.78 bits per heavy atom. The summed E-state index contributed by atoms with van der Waals surface area (Å²) in [6.45, 7) is 6.35. The molecule has 0 spiro atoms. The van der Waals surface area contributed by atoms with E-state index in [1.165, 1.54) is 26.2 Å². The fraction of sp³-hybridized carbons (Fsp3) is 0.833. The van der Waals surface area contributed by atoms with Crippen LogP contribution in [0.4, 0.5) is 4.79 Å². The lowest BCUT2D eigenvalue weighted by Gasteiger charge is -2.29. The van der Waals surface area contributed by atoms with E-state index in [2.05, 4.69) is 15.5 Å². The van der Waals surface area contributed by atoms with Crippen LogP contribution >= 0.6 is 0 Å². The van der Waals surface area contributed by atoms with Crippen molar-refractivity contribution in [1.82, 2.24) is 15.5 Å². The van der Waals surface area contributed by atoms with Crippen LogP contribution in [0.3, 0.4) is 0 Å². The number of nitrogens with zero attached hydrogens (tertiary/aromatic N) is 1. The number of rotatable bonds is 5. The van der Waals surface area contributed by atoms with Crippen molar-refractivity contribution in [3.63, 3.8) is 0 Å². The molecule has 0 aromatic carbocycles. The highest BCUT2D eigenvalue weighted by Crippen LogP contribution is 2.08. The molecule has 0 aromatic heterocycles. The van der Waals surface area contributed by atoms with Gasteiger partial charge in [-0.3, -0.25) is 4.79 Å².